The van der Waals surface area contributed by atoms with E-state index in [0.717, 1.165) is 5.56 Å². The molecule has 0 atom stereocenters. The van der Waals surface area contributed by atoms with E-state index in [4.69, 9.17) is 22.1 Å². The highest BCUT2D eigenvalue weighted by Gasteiger charge is 2.07. The standard InChI is InChI=1S/C10H12ClNO2/c1-2-14-6-8-4-3-7(5-13)9(11)10(8)12/h3-5H,2,6,12H2,1H3. The first-order chi connectivity index (χ1) is 6.70. The minimum Gasteiger partial charge on any atom is -0.397 e. The molecule has 0 amide bonds. The summed E-state index contributed by atoms with van der Waals surface area (Å²) in [5.74, 6) is 0. The Morgan fingerprint density at radius 2 is 2.29 bits per heavy atom. The lowest BCUT2D eigenvalue weighted by atomic mass is 10.1. The quantitative estimate of drug-likeness (QED) is 0.617. The van der Waals surface area contributed by atoms with Crippen molar-refractivity contribution < 1.29 is 9.53 Å². The molecule has 0 aromatic heterocycles. The predicted molar refractivity (Wildman–Crippen MR) is 56.6 cm³/mol. The van der Waals surface area contributed by atoms with Gasteiger partial charge in [0.1, 0.15) is 0 Å². The van der Waals surface area contributed by atoms with Gasteiger partial charge in [0.2, 0.25) is 0 Å². The third kappa shape index (κ3) is 2.25. The van der Waals surface area contributed by atoms with Gasteiger partial charge < -0.3 is 10.5 Å². The van der Waals surface area contributed by atoms with Crippen molar-refractivity contribution in [1.29, 1.82) is 0 Å². The van der Waals surface area contributed by atoms with E-state index >= 15 is 0 Å². The smallest absolute Gasteiger partial charge is 0.151 e. The first-order valence-electron chi connectivity index (χ1n) is 4.30. The van der Waals surface area contributed by atoms with E-state index in [1.807, 2.05) is 6.92 Å². The molecule has 0 unspecified atom stereocenters. The molecule has 0 radical (unpaired) electrons. The highest BCUT2D eigenvalue weighted by atomic mass is 35.5. The molecule has 0 saturated carbocycles. The largest absolute Gasteiger partial charge is 0.397 e. The highest BCUT2D eigenvalue weighted by molar-refractivity contribution is 6.35. The number of carbonyl (C=O) groups is 1. The van der Waals surface area contributed by atoms with Gasteiger partial charge in [0, 0.05) is 17.7 Å². The van der Waals surface area contributed by atoms with Crippen molar-refractivity contribution in [2.45, 2.75) is 13.5 Å². The number of nitrogens with two attached hydrogens (primary N) is 1. The second-order valence-corrected chi connectivity index (χ2v) is 3.17. The van der Waals surface area contributed by atoms with E-state index < -0.39 is 0 Å². The number of benzene rings is 1. The molecule has 2 N–H and O–H groups in total. The molecule has 14 heavy (non-hydrogen) atoms. The lowest BCUT2D eigenvalue weighted by Gasteiger charge is -2.08. The van der Waals surface area contributed by atoms with Crippen molar-refractivity contribution in [2.75, 3.05) is 12.3 Å². The van der Waals surface area contributed by atoms with Gasteiger partial charge >= 0.3 is 0 Å². The van der Waals surface area contributed by atoms with Gasteiger partial charge in [-0.05, 0) is 13.0 Å². The maximum Gasteiger partial charge on any atom is 0.151 e. The Bertz CT molecular complexity index is 339. The van der Waals surface area contributed by atoms with Gasteiger partial charge in [-0.3, -0.25) is 4.79 Å². The predicted octanol–water partition coefficient (Wildman–Crippen LogP) is 2.27. The Labute approximate surface area is 87.8 Å². The van der Waals surface area contributed by atoms with Crippen molar-refractivity contribution in [2.24, 2.45) is 0 Å². The molecular weight excluding hydrogens is 202 g/mol. The van der Waals surface area contributed by atoms with Crippen molar-refractivity contribution in [3.05, 3.63) is 28.3 Å². The number of ether oxygens (including phenoxy) is 1. The van der Waals surface area contributed by atoms with Crippen molar-refractivity contribution in [3.63, 3.8) is 0 Å². The molecule has 4 heteroatoms. The van der Waals surface area contributed by atoms with Crippen molar-refractivity contribution >= 4 is 23.6 Å². The second-order valence-electron chi connectivity index (χ2n) is 2.80. The monoisotopic (exact) mass is 213 g/mol. The number of hydrogen-bond donors (Lipinski definition) is 1. The fourth-order valence-electron chi connectivity index (χ4n) is 1.08. The Morgan fingerprint density at radius 1 is 1.57 bits per heavy atom. The summed E-state index contributed by atoms with van der Waals surface area (Å²) in [6, 6.07) is 3.39. The first-order valence-corrected chi connectivity index (χ1v) is 4.68. The van der Waals surface area contributed by atoms with E-state index in [-0.39, 0.29) is 0 Å². The lowest BCUT2D eigenvalue weighted by molar-refractivity contribution is 0.112. The van der Waals surface area contributed by atoms with E-state index in [1.165, 1.54) is 0 Å². The van der Waals surface area contributed by atoms with Crippen LogP contribution in [0, 0.1) is 0 Å². The summed E-state index contributed by atoms with van der Waals surface area (Å²) < 4.78 is 5.20. The highest BCUT2D eigenvalue weighted by Crippen LogP contribution is 2.26. The Kier molecular flexibility index (Phi) is 3.92. The number of anilines is 1. The summed E-state index contributed by atoms with van der Waals surface area (Å²) >= 11 is 5.87. The zero-order chi connectivity index (χ0) is 10.6. The molecule has 1 aromatic rings. The van der Waals surface area contributed by atoms with Crippen LogP contribution in [-0.2, 0) is 11.3 Å². The molecule has 0 saturated heterocycles. The number of hydrogen-bond acceptors (Lipinski definition) is 3. The van der Waals surface area contributed by atoms with Gasteiger partial charge in [0.25, 0.3) is 0 Å². The Balaban J connectivity index is 2.98. The molecule has 0 aliphatic heterocycles. The Hall–Kier alpha value is -1.06. The van der Waals surface area contributed by atoms with Crippen LogP contribution in [0.4, 0.5) is 5.69 Å². The van der Waals surface area contributed by atoms with Gasteiger partial charge in [0.15, 0.2) is 6.29 Å². The van der Waals surface area contributed by atoms with Crippen LogP contribution in [0.3, 0.4) is 0 Å². The fourth-order valence-corrected chi connectivity index (χ4v) is 1.31. The summed E-state index contributed by atoms with van der Waals surface area (Å²) in [6.45, 7) is 2.94. The summed E-state index contributed by atoms with van der Waals surface area (Å²) in [7, 11) is 0. The lowest BCUT2D eigenvalue weighted by Crippen LogP contribution is -2.00. The van der Waals surface area contributed by atoms with Gasteiger partial charge in [0.05, 0.1) is 17.3 Å². The number of carbonyl (C=O) groups excluding carboxylic acids is 1. The normalized spacial score (nSPS) is 10.1. The minimum atomic E-state index is 0.303. The van der Waals surface area contributed by atoms with Crippen LogP contribution in [0.2, 0.25) is 5.02 Å². The summed E-state index contributed by atoms with van der Waals surface area (Å²) in [5.41, 5.74) is 7.36. The molecule has 3 nitrogen and oxygen atoms in total. The topological polar surface area (TPSA) is 52.3 Å². The van der Waals surface area contributed by atoms with Gasteiger partial charge in [-0.2, -0.15) is 0 Å². The van der Waals surface area contributed by atoms with Crippen LogP contribution in [0.5, 0.6) is 0 Å². The molecule has 0 aliphatic rings. The summed E-state index contributed by atoms with van der Waals surface area (Å²) in [6.07, 6.45) is 0.684. The average molecular weight is 214 g/mol. The maximum atomic E-state index is 10.5. The van der Waals surface area contributed by atoms with Crippen LogP contribution in [0.15, 0.2) is 12.1 Å². The van der Waals surface area contributed by atoms with Gasteiger partial charge in [-0.1, -0.05) is 17.7 Å². The zero-order valence-electron chi connectivity index (χ0n) is 7.92. The molecule has 0 bridgehead atoms. The van der Waals surface area contributed by atoms with Crippen LogP contribution < -0.4 is 5.73 Å². The van der Waals surface area contributed by atoms with Crippen LogP contribution in [0.25, 0.3) is 0 Å². The second kappa shape index (κ2) is 4.98. The molecular formula is C10H12ClNO2. The fraction of sp³-hybridized carbons (Fsp3) is 0.300. The molecule has 1 aromatic carbocycles. The minimum absolute atomic E-state index is 0.303. The first kappa shape index (κ1) is 11.0. The summed E-state index contributed by atoms with van der Waals surface area (Å²) in [5, 5.41) is 0.303. The number of aldehydes is 1. The molecule has 0 heterocycles. The van der Waals surface area contributed by atoms with Crippen LogP contribution in [-0.4, -0.2) is 12.9 Å². The van der Waals surface area contributed by atoms with E-state index in [1.54, 1.807) is 12.1 Å². The van der Waals surface area contributed by atoms with Crippen LogP contribution >= 0.6 is 11.6 Å². The molecule has 0 spiro atoms. The molecule has 0 aliphatic carbocycles. The Morgan fingerprint density at radius 3 is 2.86 bits per heavy atom. The molecule has 0 fully saturated rings. The third-order valence-corrected chi connectivity index (χ3v) is 2.31. The summed E-state index contributed by atoms with van der Waals surface area (Å²) in [4.78, 5) is 10.5. The van der Waals surface area contributed by atoms with E-state index in [9.17, 15) is 4.79 Å². The van der Waals surface area contributed by atoms with E-state index in [0.29, 0.717) is 35.8 Å². The molecule has 1 rings (SSSR count). The molecule has 76 valence electrons. The third-order valence-electron chi connectivity index (χ3n) is 1.89. The van der Waals surface area contributed by atoms with Crippen molar-refractivity contribution in [1.82, 2.24) is 0 Å². The van der Waals surface area contributed by atoms with Gasteiger partial charge in [-0.25, -0.2) is 0 Å². The maximum absolute atomic E-state index is 10.5. The van der Waals surface area contributed by atoms with Crippen LogP contribution in [0.1, 0.15) is 22.8 Å². The average Bonchev–Trinajstić information content (AvgIpc) is 2.20. The zero-order valence-corrected chi connectivity index (χ0v) is 8.67. The van der Waals surface area contributed by atoms with Gasteiger partial charge in [-0.15, -0.1) is 0 Å². The van der Waals surface area contributed by atoms with E-state index in [2.05, 4.69) is 0 Å². The number of halogens is 1. The van der Waals surface area contributed by atoms with Crippen molar-refractivity contribution in [3.8, 4) is 0 Å². The number of rotatable bonds is 4. The number of nitrogen functional groups attached to an aromatic ring is 1. The SMILES string of the molecule is CCOCc1ccc(C=O)c(Cl)c1N.